The Balaban J connectivity index is 1.88. The number of likely N-dealkylation sites (tertiary alicyclic amines) is 1. The molecule has 2 aliphatic rings. The highest BCUT2D eigenvalue weighted by molar-refractivity contribution is 4.86. The van der Waals surface area contributed by atoms with Crippen molar-refractivity contribution in [1.82, 2.24) is 4.90 Å². The number of piperidine rings is 1. The summed E-state index contributed by atoms with van der Waals surface area (Å²) in [6.45, 7) is 8.38. The van der Waals surface area contributed by atoms with Gasteiger partial charge in [-0.2, -0.15) is 0 Å². The Bertz CT molecular complexity index is 209. The predicted molar refractivity (Wildman–Crippen MR) is 69.3 cm³/mol. The van der Waals surface area contributed by atoms with E-state index < -0.39 is 0 Å². The molecule has 94 valence electrons. The van der Waals surface area contributed by atoms with E-state index in [2.05, 4.69) is 18.7 Å². The smallest absolute Gasteiger partial charge is 0.0123 e. The van der Waals surface area contributed by atoms with Crippen molar-refractivity contribution in [3.05, 3.63) is 0 Å². The average Bonchev–Trinajstić information content (AvgIpc) is 2.33. The Labute approximate surface area is 101 Å². The fraction of sp³-hybridized carbons (Fsp3) is 1.00. The van der Waals surface area contributed by atoms with Crippen LogP contribution in [0.5, 0.6) is 0 Å². The summed E-state index contributed by atoms with van der Waals surface area (Å²) in [5, 5.41) is 0. The highest BCUT2D eigenvalue weighted by Crippen LogP contribution is 2.34. The maximum absolute atomic E-state index is 5.76. The maximum atomic E-state index is 5.76. The van der Waals surface area contributed by atoms with Crippen LogP contribution in [0.2, 0.25) is 0 Å². The molecule has 0 amide bonds. The first kappa shape index (κ1) is 12.4. The van der Waals surface area contributed by atoms with Gasteiger partial charge in [-0.05, 0) is 56.7 Å². The number of nitrogens with two attached hydrogens (primary N) is 1. The largest absolute Gasteiger partial charge is 0.330 e. The van der Waals surface area contributed by atoms with E-state index in [9.17, 15) is 0 Å². The molecule has 3 atom stereocenters. The molecular formula is C14H28N2. The molecule has 0 bridgehead atoms. The molecule has 2 fully saturated rings. The fourth-order valence-electron chi connectivity index (χ4n) is 3.59. The van der Waals surface area contributed by atoms with Crippen molar-refractivity contribution in [2.75, 3.05) is 19.6 Å². The molecule has 0 aromatic carbocycles. The second kappa shape index (κ2) is 5.50. The van der Waals surface area contributed by atoms with Gasteiger partial charge in [0.05, 0.1) is 0 Å². The lowest BCUT2D eigenvalue weighted by molar-refractivity contribution is 0.0535. The molecule has 3 unspecified atom stereocenters. The van der Waals surface area contributed by atoms with Crippen LogP contribution in [0.15, 0.2) is 0 Å². The lowest BCUT2D eigenvalue weighted by atomic mass is 9.76. The van der Waals surface area contributed by atoms with Crippen molar-refractivity contribution in [3.8, 4) is 0 Å². The molecule has 1 saturated heterocycles. The van der Waals surface area contributed by atoms with Crippen LogP contribution >= 0.6 is 0 Å². The van der Waals surface area contributed by atoms with Gasteiger partial charge in [0.2, 0.25) is 0 Å². The topological polar surface area (TPSA) is 29.3 Å². The zero-order chi connectivity index (χ0) is 11.5. The van der Waals surface area contributed by atoms with Gasteiger partial charge in [-0.1, -0.05) is 26.7 Å². The zero-order valence-electron chi connectivity index (χ0n) is 11.0. The molecule has 0 radical (unpaired) electrons. The quantitative estimate of drug-likeness (QED) is 0.781. The molecule has 1 aliphatic heterocycles. The lowest BCUT2D eigenvalue weighted by Crippen LogP contribution is -2.48. The molecule has 1 heterocycles. The number of nitrogens with zero attached hydrogens (tertiary/aromatic N) is 1. The number of hydrogen-bond acceptors (Lipinski definition) is 2. The Morgan fingerprint density at radius 2 is 1.75 bits per heavy atom. The van der Waals surface area contributed by atoms with E-state index in [1.165, 1.54) is 45.2 Å². The van der Waals surface area contributed by atoms with Gasteiger partial charge in [-0.25, -0.2) is 0 Å². The molecule has 2 N–H and O–H groups in total. The van der Waals surface area contributed by atoms with Crippen LogP contribution in [0.3, 0.4) is 0 Å². The third-order valence-corrected chi connectivity index (χ3v) is 5.12. The van der Waals surface area contributed by atoms with Gasteiger partial charge in [-0.3, -0.25) is 0 Å². The minimum absolute atomic E-state index is 0.799. The summed E-state index contributed by atoms with van der Waals surface area (Å²) in [5.74, 6) is 2.61. The monoisotopic (exact) mass is 224 g/mol. The molecule has 0 spiro atoms. The van der Waals surface area contributed by atoms with Crippen LogP contribution in [-0.4, -0.2) is 30.6 Å². The van der Waals surface area contributed by atoms with Crippen LogP contribution in [0, 0.1) is 17.8 Å². The SMILES string of the molecule is CC1CCCC(N2CCC(CN)CC2)C1C. The Morgan fingerprint density at radius 1 is 1.06 bits per heavy atom. The first-order valence-corrected chi connectivity index (χ1v) is 7.16. The van der Waals surface area contributed by atoms with Crippen molar-refractivity contribution >= 4 is 0 Å². The molecule has 0 aromatic heterocycles. The Hall–Kier alpha value is -0.0800. The molecule has 1 saturated carbocycles. The van der Waals surface area contributed by atoms with E-state index in [0.717, 1.165) is 30.3 Å². The van der Waals surface area contributed by atoms with E-state index in [-0.39, 0.29) is 0 Å². The van der Waals surface area contributed by atoms with Crippen LogP contribution in [0.25, 0.3) is 0 Å². The highest BCUT2D eigenvalue weighted by Gasteiger charge is 2.32. The van der Waals surface area contributed by atoms with Crippen molar-refractivity contribution in [3.63, 3.8) is 0 Å². The molecule has 0 aromatic rings. The zero-order valence-corrected chi connectivity index (χ0v) is 11.0. The minimum atomic E-state index is 0.799. The molecule has 2 nitrogen and oxygen atoms in total. The van der Waals surface area contributed by atoms with E-state index in [4.69, 9.17) is 5.73 Å². The Kier molecular flexibility index (Phi) is 4.26. The second-order valence-electron chi connectivity index (χ2n) is 6.05. The standard InChI is InChI=1S/C14H28N2/c1-11-4-3-5-14(12(11)2)16-8-6-13(10-15)7-9-16/h11-14H,3-10,15H2,1-2H3. The molecular weight excluding hydrogens is 196 g/mol. The van der Waals surface area contributed by atoms with Crippen molar-refractivity contribution in [2.24, 2.45) is 23.5 Å². The van der Waals surface area contributed by atoms with E-state index in [1.54, 1.807) is 0 Å². The summed E-state index contributed by atoms with van der Waals surface area (Å²) < 4.78 is 0. The predicted octanol–water partition coefficient (Wildman–Crippen LogP) is 2.48. The normalized spacial score (nSPS) is 38.8. The van der Waals surface area contributed by atoms with Gasteiger partial charge in [0, 0.05) is 6.04 Å². The maximum Gasteiger partial charge on any atom is 0.0123 e. The average molecular weight is 224 g/mol. The van der Waals surface area contributed by atoms with E-state index >= 15 is 0 Å². The third-order valence-electron chi connectivity index (χ3n) is 5.12. The van der Waals surface area contributed by atoms with Crippen LogP contribution in [0.1, 0.15) is 46.0 Å². The summed E-state index contributed by atoms with van der Waals surface area (Å²) >= 11 is 0. The molecule has 2 rings (SSSR count). The second-order valence-corrected chi connectivity index (χ2v) is 6.05. The van der Waals surface area contributed by atoms with Gasteiger partial charge in [0.1, 0.15) is 0 Å². The van der Waals surface area contributed by atoms with Gasteiger partial charge >= 0.3 is 0 Å². The number of rotatable bonds is 2. The van der Waals surface area contributed by atoms with Gasteiger partial charge in [-0.15, -0.1) is 0 Å². The summed E-state index contributed by atoms with van der Waals surface area (Å²) in [4.78, 5) is 2.76. The highest BCUT2D eigenvalue weighted by atomic mass is 15.2. The fourth-order valence-corrected chi connectivity index (χ4v) is 3.59. The van der Waals surface area contributed by atoms with Crippen LogP contribution in [-0.2, 0) is 0 Å². The first-order valence-electron chi connectivity index (χ1n) is 7.16. The van der Waals surface area contributed by atoms with Gasteiger partial charge < -0.3 is 10.6 Å². The summed E-state index contributed by atoms with van der Waals surface area (Å²) in [5.41, 5.74) is 5.76. The first-order chi connectivity index (χ1) is 7.72. The van der Waals surface area contributed by atoms with Gasteiger partial charge in [0.15, 0.2) is 0 Å². The Morgan fingerprint density at radius 3 is 2.38 bits per heavy atom. The van der Waals surface area contributed by atoms with Crippen LogP contribution in [0.4, 0.5) is 0 Å². The number of hydrogen-bond donors (Lipinski definition) is 1. The third kappa shape index (κ3) is 2.60. The summed E-state index contributed by atoms with van der Waals surface area (Å²) in [6, 6.07) is 0.863. The lowest BCUT2D eigenvalue weighted by Gasteiger charge is -2.44. The summed E-state index contributed by atoms with van der Waals surface area (Å²) in [7, 11) is 0. The van der Waals surface area contributed by atoms with E-state index in [1.807, 2.05) is 0 Å². The van der Waals surface area contributed by atoms with Crippen molar-refractivity contribution in [2.45, 2.75) is 52.0 Å². The van der Waals surface area contributed by atoms with Crippen LogP contribution < -0.4 is 5.73 Å². The summed E-state index contributed by atoms with van der Waals surface area (Å²) in [6.07, 6.45) is 6.96. The molecule has 2 heteroatoms. The van der Waals surface area contributed by atoms with Crippen molar-refractivity contribution < 1.29 is 0 Å². The minimum Gasteiger partial charge on any atom is -0.330 e. The molecule has 16 heavy (non-hydrogen) atoms. The van der Waals surface area contributed by atoms with Crippen molar-refractivity contribution in [1.29, 1.82) is 0 Å². The van der Waals surface area contributed by atoms with E-state index in [0.29, 0.717) is 0 Å². The van der Waals surface area contributed by atoms with Gasteiger partial charge in [0.25, 0.3) is 0 Å². The molecule has 1 aliphatic carbocycles.